The molecule has 33 heavy (non-hydrogen) atoms. The Hall–Kier alpha value is -3.59. The minimum atomic E-state index is -3.81. The Bertz CT molecular complexity index is 1190. The Morgan fingerprint density at radius 1 is 1.00 bits per heavy atom. The monoisotopic (exact) mass is 470 g/mol. The summed E-state index contributed by atoms with van der Waals surface area (Å²) < 4.78 is 42.8. The van der Waals surface area contributed by atoms with Gasteiger partial charge in [-0.05, 0) is 42.8 Å². The van der Waals surface area contributed by atoms with Crippen molar-refractivity contribution in [2.45, 2.75) is 17.1 Å². The van der Waals surface area contributed by atoms with Crippen LogP contribution in [0.2, 0.25) is 0 Å². The molecular weight excluding hydrogens is 444 g/mol. The number of aromatic nitrogens is 1. The number of aryl methyl sites for hydroxylation is 1. The highest BCUT2D eigenvalue weighted by Gasteiger charge is 2.30. The number of sulfone groups is 1. The zero-order valence-corrected chi connectivity index (χ0v) is 19.7. The lowest BCUT2D eigenvalue weighted by molar-refractivity contribution is 0.0953. The van der Waals surface area contributed by atoms with Crippen molar-refractivity contribution >= 4 is 15.7 Å². The molecule has 0 saturated carbocycles. The van der Waals surface area contributed by atoms with Gasteiger partial charge in [-0.15, -0.1) is 0 Å². The van der Waals surface area contributed by atoms with Crippen LogP contribution >= 0.6 is 0 Å². The van der Waals surface area contributed by atoms with E-state index in [2.05, 4.69) is 10.3 Å². The Morgan fingerprint density at radius 2 is 1.64 bits per heavy atom. The predicted octanol–water partition coefficient (Wildman–Crippen LogP) is 3.36. The van der Waals surface area contributed by atoms with E-state index in [0.717, 1.165) is 5.56 Å². The highest BCUT2D eigenvalue weighted by atomic mass is 32.2. The van der Waals surface area contributed by atoms with Crippen LogP contribution in [0, 0.1) is 6.92 Å². The van der Waals surface area contributed by atoms with Crippen molar-refractivity contribution in [1.82, 2.24) is 10.3 Å². The lowest BCUT2D eigenvalue weighted by atomic mass is 10.1. The second-order valence-corrected chi connectivity index (χ2v) is 9.39. The maximum absolute atomic E-state index is 13.4. The van der Waals surface area contributed by atoms with Gasteiger partial charge in [0.2, 0.25) is 5.75 Å². The molecule has 0 radical (unpaired) electrons. The number of carbonyl (C=O) groups excluding carboxylic acids is 1. The molecule has 3 rings (SSSR count). The summed E-state index contributed by atoms with van der Waals surface area (Å²) in [5.41, 5.74) is 1.66. The molecule has 0 saturated heterocycles. The number of methoxy groups -OCH3 is 3. The maximum Gasteiger partial charge on any atom is 0.251 e. The van der Waals surface area contributed by atoms with Crippen molar-refractivity contribution < 1.29 is 27.4 Å². The summed E-state index contributed by atoms with van der Waals surface area (Å²) in [6, 6.07) is 12.9. The molecule has 1 aromatic heterocycles. The molecule has 0 aliphatic carbocycles. The zero-order chi connectivity index (χ0) is 24.0. The van der Waals surface area contributed by atoms with Crippen LogP contribution in [-0.2, 0) is 9.84 Å². The van der Waals surface area contributed by atoms with Crippen LogP contribution in [0.25, 0.3) is 0 Å². The minimum Gasteiger partial charge on any atom is -0.493 e. The third-order valence-electron chi connectivity index (χ3n) is 5.16. The van der Waals surface area contributed by atoms with Crippen LogP contribution in [-0.4, -0.2) is 47.2 Å². The first-order valence-electron chi connectivity index (χ1n) is 10.1. The van der Waals surface area contributed by atoms with E-state index < -0.39 is 21.0 Å². The van der Waals surface area contributed by atoms with E-state index in [1.807, 2.05) is 6.92 Å². The molecule has 1 N–H and O–H groups in total. The largest absolute Gasteiger partial charge is 0.493 e. The maximum atomic E-state index is 13.4. The number of hydrogen-bond donors (Lipinski definition) is 1. The van der Waals surface area contributed by atoms with Crippen molar-refractivity contribution in [3.05, 3.63) is 77.6 Å². The molecular formula is C24H26N2O6S. The molecule has 0 fully saturated rings. The van der Waals surface area contributed by atoms with E-state index in [1.165, 1.54) is 39.7 Å². The number of amides is 1. The summed E-state index contributed by atoms with van der Waals surface area (Å²) >= 11 is 0. The molecule has 174 valence electrons. The molecule has 0 aliphatic rings. The van der Waals surface area contributed by atoms with Crippen LogP contribution in [0.15, 0.2) is 65.8 Å². The van der Waals surface area contributed by atoms with Crippen molar-refractivity contribution in [3.63, 3.8) is 0 Å². The molecule has 0 aliphatic heterocycles. The molecule has 1 atom stereocenters. The van der Waals surface area contributed by atoms with Crippen molar-refractivity contribution in [2.75, 3.05) is 27.9 Å². The number of nitrogens with one attached hydrogen (secondary N) is 1. The highest BCUT2D eigenvalue weighted by Crippen LogP contribution is 2.38. The summed E-state index contributed by atoms with van der Waals surface area (Å²) in [6.45, 7) is 1.73. The zero-order valence-electron chi connectivity index (χ0n) is 18.9. The fraction of sp³-hybridized carbons (Fsp3) is 0.250. The Morgan fingerprint density at radius 3 is 2.15 bits per heavy atom. The van der Waals surface area contributed by atoms with E-state index >= 15 is 0 Å². The average Bonchev–Trinajstić information content (AvgIpc) is 2.83. The number of hydrogen-bond acceptors (Lipinski definition) is 7. The number of pyridine rings is 1. The summed E-state index contributed by atoms with van der Waals surface area (Å²) in [4.78, 5) is 17.2. The summed E-state index contributed by atoms with van der Waals surface area (Å²) in [5, 5.41) is 1.70. The lowest BCUT2D eigenvalue weighted by Gasteiger charge is -2.19. The smallest absolute Gasteiger partial charge is 0.251 e. The van der Waals surface area contributed by atoms with Gasteiger partial charge < -0.3 is 19.5 Å². The van der Waals surface area contributed by atoms with Crippen LogP contribution in [0.1, 0.15) is 26.7 Å². The van der Waals surface area contributed by atoms with Gasteiger partial charge in [-0.2, -0.15) is 0 Å². The average molecular weight is 471 g/mol. The number of nitrogens with zero attached hydrogens (tertiary/aromatic N) is 1. The molecule has 1 unspecified atom stereocenters. The highest BCUT2D eigenvalue weighted by molar-refractivity contribution is 7.91. The van der Waals surface area contributed by atoms with Gasteiger partial charge in [-0.3, -0.25) is 9.78 Å². The van der Waals surface area contributed by atoms with Crippen LogP contribution in [0.4, 0.5) is 0 Å². The Balaban J connectivity index is 1.92. The third-order valence-corrected chi connectivity index (χ3v) is 7.27. The fourth-order valence-corrected chi connectivity index (χ4v) is 5.01. The van der Waals surface area contributed by atoms with Crippen LogP contribution in [0.5, 0.6) is 17.2 Å². The van der Waals surface area contributed by atoms with E-state index in [4.69, 9.17) is 14.2 Å². The summed E-state index contributed by atoms with van der Waals surface area (Å²) in [5.74, 6) is 0.505. The van der Waals surface area contributed by atoms with E-state index in [-0.39, 0.29) is 17.0 Å². The van der Waals surface area contributed by atoms with Gasteiger partial charge in [0.1, 0.15) is 5.25 Å². The number of benzene rings is 2. The topological polar surface area (TPSA) is 104 Å². The van der Waals surface area contributed by atoms with Gasteiger partial charge in [-0.1, -0.05) is 23.8 Å². The standard InChI is InChI=1S/C24H26N2O6S/c1-16-7-9-19(10-8-16)33(28,29)22(17-6-5-11-25-14-17)15-26-24(27)18-12-20(30-2)23(32-4)21(13-18)31-3/h5-14,22H,15H2,1-4H3,(H,26,27). The van der Waals surface area contributed by atoms with Crippen molar-refractivity contribution in [2.24, 2.45) is 0 Å². The summed E-state index contributed by atoms with van der Waals surface area (Å²) in [7, 11) is 0.558. The molecule has 8 nitrogen and oxygen atoms in total. The first-order chi connectivity index (χ1) is 15.8. The van der Waals surface area contributed by atoms with Gasteiger partial charge in [-0.25, -0.2) is 8.42 Å². The van der Waals surface area contributed by atoms with Crippen molar-refractivity contribution in [3.8, 4) is 17.2 Å². The van der Waals surface area contributed by atoms with E-state index in [1.54, 1.807) is 42.6 Å². The van der Waals surface area contributed by atoms with Gasteiger partial charge in [0.25, 0.3) is 5.91 Å². The number of rotatable bonds is 9. The number of ether oxygens (including phenoxy) is 3. The van der Waals surface area contributed by atoms with Gasteiger partial charge in [0.05, 0.1) is 26.2 Å². The molecule has 0 spiro atoms. The van der Waals surface area contributed by atoms with E-state index in [0.29, 0.717) is 22.8 Å². The molecule has 3 aromatic rings. The Labute approximate surface area is 193 Å². The summed E-state index contributed by atoms with van der Waals surface area (Å²) in [6.07, 6.45) is 3.05. The molecule has 1 heterocycles. The van der Waals surface area contributed by atoms with E-state index in [9.17, 15) is 13.2 Å². The predicted molar refractivity (Wildman–Crippen MR) is 124 cm³/mol. The van der Waals surface area contributed by atoms with Gasteiger partial charge in [0.15, 0.2) is 21.3 Å². The first-order valence-corrected chi connectivity index (χ1v) is 11.6. The Kier molecular flexibility index (Phi) is 7.55. The SMILES string of the molecule is COc1cc(C(=O)NCC(c2cccnc2)S(=O)(=O)c2ccc(C)cc2)cc(OC)c1OC. The van der Waals surface area contributed by atoms with Gasteiger partial charge >= 0.3 is 0 Å². The van der Waals surface area contributed by atoms with Crippen LogP contribution < -0.4 is 19.5 Å². The first kappa shape index (κ1) is 24.1. The molecule has 0 bridgehead atoms. The second kappa shape index (κ2) is 10.4. The molecule has 2 aromatic carbocycles. The fourth-order valence-electron chi connectivity index (χ4n) is 3.36. The minimum absolute atomic E-state index is 0.155. The second-order valence-electron chi connectivity index (χ2n) is 7.26. The lowest BCUT2D eigenvalue weighted by Crippen LogP contribution is -2.32. The van der Waals surface area contributed by atoms with Gasteiger partial charge in [0, 0.05) is 24.5 Å². The third kappa shape index (κ3) is 5.25. The quantitative estimate of drug-likeness (QED) is 0.511. The van der Waals surface area contributed by atoms with Crippen molar-refractivity contribution in [1.29, 1.82) is 0 Å². The molecule has 1 amide bonds. The molecule has 9 heteroatoms. The normalized spacial score (nSPS) is 12.0. The number of carbonyl (C=O) groups is 1. The van der Waals surface area contributed by atoms with Crippen LogP contribution in [0.3, 0.4) is 0 Å².